The van der Waals surface area contributed by atoms with Gasteiger partial charge in [0.25, 0.3) is 5.91 Å². The molecule has 3 rings (SSSR count). The van der Waals surface area contributed by atoms with Gasteiger partial charge in [-0.05, 0) is 31.9 Å². The molecule has 0 aliphatic carbocycles. The Hall–Kier alpha value is -2.83. The minimum atomic E-state index is -0.221. The first-order chi connectivity index (χ1) is 11.5. The highest BCUT2D eigenvalue weighted by Gasteiger charge is 2.32. The molecule has 1 N–H and O–H groups in total. The lowest BCUT2D eigenvalue weighted by atomic mass is 10.1. The zero-order valence-corrected chi connectivity index (χ0v) is 13.7. The zero-order valence-electron chi connectivity index (χ0n) is 13.7. The standard InChI is InChI=1S/C17H19N5O2/c1-11-9-18-10-14(20-11)15-4-3-7-22(15)17(24)13-5-6-19-16(8-13)21-12(2)23/h5-6,8-10,15H,3-4,7H2,1-2H3,(H,19,21,23)/t15-/m0/s1. The van der Waals surface area contributed by atoms with Crippen LogP contribution in [-0.4, -0.2) is 38.2 Å². The summed E-state index contributed by atoms with van der Waals surface area (Å²) in [5, 5.41) is 2.60. The Morgan fingerprint density at radius 2 is 2.17 bits per heavy atom. The quantitative estimate of drug-likeness (QED) is 0.934. The van der Waals surface area contributed by atoms with Crippen LogP contribution in [0.5, 0.6) is 0 Å². The van der Waals surface area contributed by atoms with Gasteiger partial charge in [-0.15, -0.1) is 0 Å². The van der Waals surface area contributed by atoms with E-state index in [-0.39, 0.29) is 17.9 Å². The fourth-order valence-corrected chi connectivity index (χ4v) is 2.94. The third-order valence-electron chi connectivity index (χ3n) is 3.94. The smallest absolute Gasteiger partial charge is 0.254 e. The second-order valence-corrected chi connectivity index (χ2v) is 5.85. The molecular formula is C17H19N5O2. The summed E-state index contributed by atoms with van der Waals surface area (Å²) in [6.45, 7) is 3.97. The van der Waals surface area contributed by atoms with Crippen molar-refractivity contribution in [2.24, 2.45) is 0 Å². The van der Waals surface area contributed by atoms with E-state index in [2.05, 4.69) is 20.3 Å². The summed E-state index contributed by atoms with van der Waals surface area (Å²) in [7, 11) is 0. The summed E-state index contributed by atoms with van der Waals surface area (Å²) in [5.41, 5.74) is 2.15. The van der Waals surface area contributed by atoms with Crippen LogP contribution in [0.25, 0.3) is 0 Å². The molecule has 3 heterocycles. The van der Waals surface area contributed by atoms with Gasteiger partial charge < -0.3 is 10.2 Å². The number of carbonyl (C=O) groups excluding carboxylic acids is 2. The summed E-state index contributed by atoms with van der Waals surface area (Å²) in [4.78, 5) is 38.6. The average Bonchev–Trinajstić information content (AvgIpc) is 3.03. The van der Waals surface area contributed by atoms with E-state index in [0.717, 1.165) is 24.2 Å². The fraction of sp³-hybridized carbons (Fsp3) is 0.353. The van der Waals surface area contributed by atoms with Crippen LogP contribution in [-0.2, 0) is 4.79 Å². The number of aryl methyl sites for hydroxylation is 1. The van der Waals surface area contributed by atoms with Crippen molar-refractivity contribution in [1.29, 1.82) is 0 Å². The van der Waals surface area contributed by atoms with Gasteiger partial charge in [0.1, 0.15) is 5.82 Å². The van der Waals surface area contributed by atoms with E-state index >= 15 is 0 Å². The van der Waals surface area contributed by atoms with Gasteiger partial charge in [-0.1, -0.05) is 0 Å². The molecule has 2 aromatic rings. The van der Waals surface area contributed by atoms with E-state index in [1.54, 1.807) is 24.5 Å². The number of carbonyl (C=O) groups is 2. The number of hydrogen-bond donors (Lipinski definition) is 1. The molecule has 0 saturated carbocycles. The van der Waals surface area contributed by atoms with Crippen molar-refractivity contribution in [3.8, 4) is 0 Å². The Kier molecular flexibility index (Phi) is 4.50. The van der Waals surface area contributed by atoms with E-state index in [9.17, 15) is 9.59 Å². The Morgan fingerprint density at radius 1 is 1.33 bits per heavy atom. The molecule has 124 valence electrons. The molecule has 2 amide bonds. The molecule has 0 unspecified atom stereocenters. The van der Waals surface area contributed by atoms with Crippen LogP contribution in [0.1, 0.15) is 47.6 Å². The number of nitrogens with one attached hydrogen (secondary N) is 1. The van der Waals surface area contributed by atoms with E-state index in [4.69, 9.17) is 0 Å². The maximum atomic E-state index is 12.9. The molecule has 2 aromatic heterocycles. The number of likely N-dealkylation sites (tertiary alicyclic amines) is 1. The van der Waals surface area contributed by atoms with Crippen molar-refractivity contribution in [3.05, 3.63) is 47.7 Å². The second kappa shape index (κ2) is 6.74. The van der Waals surface area contributed by atoms with Gasteiger partial charge in [0.2, 0.25) is 5.91 Å². The molecular weight excluding hydrogens is 306 g/mol. The fourth-order valence-electron chi connectivity index (χ4n) is 2.94. The van der Waals surface area contributed by atoms with Gasteiger partial charge in [0.05, 0.1) is 23.6 Å². The molecule has 1 aliphatic heterocycles. The van der Waals surface area contributed by atoms with Crippen LogP contribution < -0.4 is 5.32 Å². The molecule has 7 heteroatoms. The second-order valence-electron chi connectivity index (χ2n) is 5.85. The molecule has 0 bridgehead atoms. The minimum Gasteiger partial charge on any atom is -0.330 e. The molecule has 0 aromatic carbocycles. The SMILES string of the molecule is CC(=O)Nc1cc(C(=O)N2CCC[C@H]2c2cncc(C)n2)ccn1. The number of aromatic nitrogens is 3. The lowest BCUT2D eigenvalue weighted by Gasteiger charge is -2.24. The Labute approximate surface area is 140 Å². The molecule has 1 aliphatic rings. The molecule has 1 atom stereocenters. The molecule has 1 fully saturated rings. The maximum absolute atomic E-state index is 12.9. The molecule has 0 radical (unpaired) electrons. The van der Waals surface area contributed by atoms with Crippen molar-refractivity contribution in [3.63, 3.8) is 0 Å². The summed E-state index contributed by atoms with van der Waals surface area (Å²) >= 11 is 0. The highest BCUT2D eigenvalue weighted by Crippen LogP contribution is 2.32. The van der Waals surface area contributed by atoms with Gasteiger partial charge in [0, 0.05) is 31.4 Å². The first kappa shape index (κ1) is 16.0. The van der Waals surface area contributed by atoms with E-state index in [0.29, 0.717) is 17.9 Å². The summed E-state index contributed by atoms with van der Waals surface area (Å²) in [6.07, 6.45) is 6.74. The number of rotatable bonds is 3. The monoisotopic (exact) mass is 325 g/mol. The van der Waals surface area contributed by atoms with Gasteiger partial charge in [0.15, 0.2) is 0 Å². The van der Waals surface area contributed by atoms with Gasteiger partial charge >= 0.3 is 0 Å². The van der Waals surface area contributed by atoms with Crippen LogP contribution in [0.15, 0.2) is 30.7 Å². The topological polar surface area (TPSA) is 88.1 Å². The zero-order chi connectivity index (χ0) is 17.1. The van der Waals surface area contributed by atoms with Crippen molar-refractivity contribution >= 4 is 17.6 Å². The van der Waals surface area contributed by atoms with E-state index in [1.165, 1.54) is 13.1 Å². The van der Waals surface area contributed by atoms with Gasteiger partial charge in [-0.25, -0.2) is 4.98 Å². The van der Waals surface area contributed by atoms with E-state index in [1.807, 2.05) is 11.8 Å². The van der Waals surface area contributed by atoms with Crippen LogP contribution in [0, 0.1) is 6.92 Å². The normalized spacial score (nSPS) is 16.9. The predicted molar refractivity (Wildman–Crippen MR) is 88.3 cm³/mol. The minimum absolute atomic E-state index is 0.0673. The van der Waals surface area contributed by atoms with Crippen molar-refractivity contribution in [2.45, 2.75) is 32.7 Å². The van der Waals surface area contributed by atoms with Crippen molar-refractivity contribution < 1.29 is 9.59 Å². The number of hydrogen-bond acceptors (Lipinski definition) is 5. The first-order valence-corrected chi connectivity index (χ1v) is 7.88. The highest BCUT2D eigenvalue weighted by atomic mass is 16.2. The molecule has 1 saturated heterocycles. The third-order valence-corrected chi connectivity index (χ3v) is 3.94. The van der Waals surface area contributed by atoms with Gasteiger partial charge in [-0.2, -0.15) is 0 Å². The lowest BCUT2D eigenvalue weighted by Crippen LogP contribution is -2.31. The summed E-state index contributed by atoms with van der Waals surface area (Å²) < 4.78 is 0. The molecule has 7 nitrogen and oxygen atoms in total. The third kappa shape index (κ3) is 3.40. The molecule has 24 heavy (non-hydrogen) atoms. The first-order valence-electron chi connectivity index (χ1n) is 7.88. The molecule has 0 spiro atoms. The van der Waals surface area contributed by atoms with Crippen LogP contribution in [0.3, 0.4) is 0 Å². The van der Waals surface area contributed by atoms with Crippen LogP contribution in [0.2, 0.25) is 0 Å². The summed E-state index contributed by atoms with van der Waals surface area (Å²) in [6, 6.07) is 3.19. The Balaban J connectivity index is 1.85. The number of pyridine rings is 1. The Bertz CT molecular complexity index is 777. The van der Waals surface area contributed by atoms with Crippen molar-refractivity contribution in [1.82, 2.24) is 19.9 Å². The van der Waals surface area contributed by atoms with Crippen LogP contribution >= 0.6 is 0 Å². The number of anilines is 1. The number of amides is 2. The highest BCUT2D eigenvalue weighted by molar-refractivity contribution is 5.96. The van der Waals surface area contributed by atoms with Crippen molar-refractivity contribution in [2.75, 3.05) is 11.9 Å². The van der Waals surface area contributed by atoms with Crippen LogP contribution in [0.4, 0.5) is 5.82 Å². The summed E-state index contributed by atoms with van der Waals surface area (Å²) in [5.74, 6) is 0.0652. The van der Waals surface area contributed by atoms with E-state index < -0.39 is 0 Å². The largest absolute Gasteiger partial charge is 0.330 e. The predicted octanol–water partition coefficient (Wildman–Crippen LogP) is 2.12. The maximum Gasteiger partial charge on any atom is 0.254 e. The van der Waals surface area contributed by atoms with Gasteiger partial charge in [-0.3, -0.25) is 19.6 Å². The average molecular weight is 325 g/mol. The Morgan fingerprint density at radius 3 is 2.92 bits per heavy atom. The number of nitrogens with zero attached hydrogens (tertiary/aromatic N) is 4. The lowest BCUT2D eigenvalue weighted by molar-refractivity contribution is -0.114.